The molecule has 0 radical (unpaired) electrons. The average molecular weight is 367 g/mol. The van der Waals surface area contributed by atoms with Gasteiger partial charge < -0.3 is 36.9 Å². The number of nitrogens with two attached hydrogens (primary N) is 3. The number of nitrogens with zero attached hydrogens (tertiary/aromatic N) is 4. The number of ether oxygens (including phenoxy) is 2. The van der Waals surface area contributed by atoms with Crippen molar-refractivity contribution < 1.29 is 24.5 Å². The lowest BCUT2D eigenvalue weighted by Crippen LogP contribution is -2.65. The van der Waals surface area contributed by atoms with Crippen molar-refractivity contribution in [2.24, 2.45) is 11.5 Å². The van der Waals surface area contributed by atoms with Crippen LogP contribution in [0.3, 0.4) is 0 Å². The number of carbonyl (C=O) groups excluding carboxylic acids is 1. The van der Waals surface area contributed by atoms with Gasteiger partial charge in [-0.1, -0.05) is 0 Å². The standard InChI is InChI=1S/C14H21N7O5/c1-13(21-6-20-8-10(16)18-5-19-11(8)21)14(12(17)24,25-3-2-15)9(23)7(4-22)26-13/h5-7,9,22-23H,2-4,15H2,1H3,(H2,17,24)(H2,16,18,19)/t7-,9-,13-,14+/m1/s1. The van der Waals surface area contributed by atoms with Crippen LogP contribution in [-0.4, -0.2) is 73.2 Å². The van der Waals surface area contributed by atoms with Gasteiger partial charge >= 0.3 is 0 Å². The highest BCUT2D eigenvalue weighted by Crippen LogP contribution is 2.47. The second kappa shape index (κ2) is 6.41. The van der Waals surface area contributed by atoms with E-state index in [1.807, 2.05) is 0 Å². The van der Waals surface area contributed by atoms with Crippen LogP contribution in [0, 0.1) is 0 Å². The number of aromatic nitrogens is 4. The molecule has 1 fully saturated rings. The summed E-state index contributed by atoms with van der Waals surface area (Å²) in [5.74, 6) is -0.858. The molecule has 0 spiro atoms. The quantitative estimate of drug-likeness (QED) is 0.351. The number of primary amides is 1. The Labute approximate surface area is 147 Å². The highest BCUT2D eigenvalue weighted by Gasteiger charge is 2.69. The zero-order chi connectivity index (χ0) is 19.1. The minimum atomic E-state index is -2.05. The predicted octanol–water partition coefficient (Wildman–Crippen LogP) is -2.97. The van der Waals surface area contributed by atoms with Crippen LogP contribution in [0.25, 0.3) is 11.2 Å². The zero-order valence-corrected chi connectivity index (χ0v) is 14.1. The van der Waals surface area contributed by atoms with Crippen molar-refractivity contribution >= 4 is 22.9 Å². The second-order valence-corrected chi connectivity index (χ2v) is 6.05. The van der Waals surface area contributed by atoms with E-state index in [0.717, 1.165) is 0 Å². The van der Waals surface area contributed by atoms with Gasteiger partial charge in [0, 0.05) is 6.54 Å². The molecule has 1 amide bonds. The van der Waals surface area contributed by atoms with Crippen molar-refractivity contribution in [2.75, 3.05) is 25.5 Å². The fourth-order valence-corrected chi connectivity index (χ4v) is 3.41. The van der Waals surface area contributed by atoms with Crippen molar-refractivity contribution in [3.8, 4) is 0 Å². The monoisotopic (exact) mass is 367 g/mol. The Kier molecular flexibility index (Phi) is 4.54. The number of hydrogen-bond donors (Lipinski definition) is 5. The number of aliphatic hydroxyl groups is 2. The SMILES string of the molecule is C[C@@]1(n2cnc3c(N)ncnc32)O[C@H](CO)[C@@H](O)[C@]1(OCCN)C(N)=O. The molecule has 8 N–H and O–H groups in total. The molecule has 0 aromatic carbocycles. The highest BCUT2D eigenvalue weighted by molar-refractivity contribution is 5.87. The zero-order valence-electron chi connectivity index (χ0n) is 14.1. The minimum Gasteiger partial charge on any atom is -0.394 e. The molecule has 0 aliphatic carbocycles. The number of imidazole rings is 1. The summed E-state index contributed by atoms with van der Waals surface area (Å²) < 4.78 is 12.9. The predicted molar refractivity (Wildman–Crippen MR) is 88.3 cm³/mol. The van der Waals surface area contributed by atoms with Crippen LogP contribution in [0.2, 0.25) is 0 Å². The molecular weight excluding hydrogens is 346 g/mol. The molecule has 26 heavy (non-hydrogen) atoms. The van der Waals surface area contributed by atoms with Gasteiger partial charge in [-0.15, -0.1) is 0 Å². The van der Waals surface area contributed by atoms with Gasteiger partial charge in [0.2, 0.25) is 5.60 Å². The summed E-state index contributed by atoms with van der Waals surface area (Å²) in [7, 11) is 0. The van der Waals surface area contributed by atoms with Gasteiger partial charge in [-0.05, 0) is 6.92 Å². The van der Waals surface area contributed by atoms with E-state index in [1.165, 1.54) is 24.1 Å². The molecule has 1 saturated heterocycles. The van der Waals surface area contributed by atoms with Crippen LogP contribution >= 0.6 is 0 Å². The van der Waals surface area contributed by atoms with E-state index in [4.69, 9.17) is 26.7 Å². The summed E-state index contributed by atoms with van der Waals surface area (Å²) in [6.07, 6.45) is -0.146. The molecule has 1 aliphatic heterocycles. The van der Waals surface area contributed by atoms with Gasteiger partial charge in [-0.2, -0.15) is 0 Å². The van der Waals surface area contributed by atoms with Crippen LogP contribution in [-0.2, 0) is 20.0 Å². The van der Waals surface area contributed by atoms with E-state index in [2.05, 4.69) is 15.0 Å². The van der Waals surface area contributed by atoms with E-state index in [1.54, 1.807) is 0 Å². The maximum absolute atomic E-state index is 12.5. The molecule has 2 aromatic heterocycles. The number of fused-ring (bicyclic) bond motifs is 1. The third-order valence-corrected chi connectivity index (χ3v) is 4.65. The fraction of sp³-hybridized carbons (Fsp3) is 0.571. The number of carbonyl (C=O) groups is 1. The summed E-state index contributed by atoms with van der Waals surface area (Å²) >= 11 is 0. The van der Waals surface area contributed by atoms with Crippen LogP contribution in [0.15, 0.2) is 12.7 Å². The Hall–Kier alpha value is -2.38. The lowest BCUT2D eigenvalue weighted by molar-refractivity contribution is -0.207. The Bertz CT molecular complexity index is 829. The summed E-state index contributed by atoms with van der Waals surface area (Å²) in [6.45, 7) is 0.899. The largest absolute Gasteiger partial charge is 0.394 e. The number of aliphatic hydroxyl groups excluding tert-OH is 2. The summed E-state index contributed by atoms with van der Waals surface area (Å²) in [5.41, 5.74) is 13.7. The molecule has 2 aromatic rings. The minimum absolute atomic E-state index is 0.0708. The van der Waals surface area contributed by atoms with Crippen molar-refractivity contribution in [3.63, 3.8) is 0 Å². The number of hydrogen-bond acceptors (Lipinski definition) is 10. The normalized spacial score (nSPS) is 31.5. The average Bonchev–Trinajstić information content (AvgIpc) is 3.13. The molecule has 12 nitrogen and oxygen atoms in total. The third-order valence-electron chi connectivity index (χ3n) is 4.65. The van der Waals surface area contributed by atoms with E-state index < -0.39 is 36.0 Å². The fourth-order valence-electron chi connectivity index (χ4n) is 3.41. The van der Waals surface area contributed by atoms with Gasteiger partial charge in [0.15, 0.2) is 17.2 Å². The van der Waals surface area contributed by atoms with E-state index in [-0.39, 0.29) is 30.1 Å². The summed E-state index contributed by atoms with van der Waals surface area (Å²) in [5, 5.41) is 20.3. The van der Waals surface area contributed by atoms with Crippen LogP contribution in [0.4, 0.5) is 5.82 Å². The Morgan fingerprint density at radius 2 is 2.19 bits per heavy atom. The first-order valence-corrected chi connectivity index (χ1v) is 7.88. The number of nitrogen functional groups attached to an aromatic ring is 1. The maximum atomic E-state index is 12.5. The highest BCUT2D eigenvalue weighted by atomic mass is 16.6. The van der Waals surface area contributed by atoms with Crippen molar-refractivity contribution in [2.45, 2.75) is 30.5 Å². The maximum Gasteiger partial charge on any atom is 0.257 e. The molecule has 12 heteroatoms. The molecular formula is C14H21N7O5. The van der Waals surface area contributed by atoms with Crippen molar-refractivity contribution in [3.05, 3.63) is 12.7 Å². The molecule has 0 unspecified atom stereocenters. The number of amides is 1. The van der Waals surface area contributed by atoms with Gasteiger partial charge in [-0.25, -0.2) is 15.0 Å². The van der Waals surface area contributed by atoms with Crippen LogP contribution in [0.1, 0.15) is 6.92 Å². The van der Waals surface area contributed by atoms with E-state index in [0.29, 0.717) is 0 Å². The molecule has 142 valence electrons. The topological polar surface area (TPSA) is 198 Å². The first-order valence-electron chi connectivity index (χ1n) is 7.88. The molecule has 4 atom stereocenters. The van der Waals surface area contributed by atoms with Gasteiger partial charge in [0.05, 0.1) is 19.5 Å². The van der Waals surface area contributed by atoms with Crippen molar-refractivity contribution in [1.29, 1.82) is 0 Å². The van der Waals surface area contributed by atoms with Gasteiger partial charge in [0.1, 0.15) is 24.1 Å². The molecule has 3 rings (SSSR count). The third kappa shape index (κ3) is 2.27. The molecule has 1 aliphatic rings. The first-order chi connectivity index (χ1) is 12.3. The second-order valence-electron chi connectivity index (χ2n) is 6.05. The molecule has 3 heterocycles. The van der Waals surface area contributed by atoms with E-state index in [9.17, 15) is 15.0 Å². The van der Waals surface area contributed by atoms with Crippen molar-refractivity contribution in [1.82, 2.24) is 19.5 Å². The number of rotatable bonds is 6. The number of anilines is 1. The lowest BCUT2D eigenvalue weighted by atomic mass is 9.85. The molecule has 0 bridgehead atoms. The van der Waals surface area contributed by atoms with Crippen LogP contribution < -0.4 is 17.2 Å². The Morgan fingerprint density at radius 3 is 2.81 bits per heavy atom. The summed E-state index contributed by atoms with van der Waals surface area (Å²) in [6, 6.07) is 0. The van der Waals surface area contributed by atoms with Gasteiger partial charge in [-0.3, -0.25) is 9.36 Å². The first kappa shape index (κ1) is 18.4. The molecule has 0 saturated carbocycles. The summed E-state index contributed by atoms with van der Waals surface area (Å²) in [4.78, 5) is 24.6. The van der Waals surface area contributed by atoms with Gasteiger partial charge in [0.25, 0.3) is 5.91 Å². The van der Waals surface area contributed by atoms with E-state index >= 15 is 0 Å². The lowest BCUT2D eigenvalue weighted by Gasteiger charge is -2.41. The Morgan fingerprint density at radius 1 is 1.46 bits per heavy atom. The van der Waals surface area contributed by atoms with Crippen LogP contribution in [0.5, 0.6) is 0 Å². The smallest absolute Gasteiger partial charge is 0.257 e. The Balaban J connectivity index is 2.25.